The summed E-state index contributed by atoms with van der Waals surface area (Å²) in [6.07, 6.45) is 0. The first-order chi connectivity index (χ1) is 14.4. The summed E-state index contributed by atoms with van der Waals surface area (Å²) in [5, 5.41) is 12.9. The van der Waals surface area contributed by atoms with Crippen LogP contribution in [0.1, 0.15) is 12.7 Å². The summed E-state index contributed by atoms with van der Waals surface area (Å²) in [7, 11) is 1.61. The highest BCUT2D eigenvalue weighted by Gasteiger charge is 2.16. The highest BCUT2D eigenvalue weighted by Crippen LogP contribution is 2.27. The van der Waals surface area contributed by atoms with Crippen molar-refractivity contribution in [2.45, 2.75) is 24.0 Å². The molecule has 3 aromatic rings. The molecule has 30 heavy (non-hydrogen) atoms. The van der Waals surface area contributed by atoms with Crippen LogP contribution in [0.3, 0.4) is 0 Å². The van der Waals surface area contributed by atoms with Crippen LogP contribution >= 0.6 is 24.0 Å². The Morgan fingerprint density at radius 3 is 2.67 bits per heavy atom. The van der Waals surface area contributed by atoms with Gasteiger partial charge in [0.05, 0.1) is 18.0 Å². The number of carbonyl (C=O) groups excluding carboxylic acids is 1. The maximum atomic E-state index is 12.4. The average molecular weight is 443 g/mol. The van der Waals surface area contributed by atoms with Gasteiger partial charge in [0, 0.05) is 16.6 Å². The van der Waals surface area contributed by atoms with Crippen LogP contribution in [0.2, 0.25) is 0 Å². The molecule has 0 bridgehead atoms. The van der Waals surface area contributed by atoms with E-state index in [2.05, 4.69) is 21.1 Å². The van der Waals surface area contributed by atoms with Crippen molar-refractivity contribution in [1.29, 1.82) is 0 Å². The van der Waals surface area contributed by atoms with Gasteiger partial charge in [-0.2, -0.15) is 0 Å². The van der Waals surface area contributed by atoms with Gasteiger partial charge in [0.15, 0.2) is 10.9 Å². The Morgan fingerprint density at radius 2 is 1.93 bits per heavy atom. The number of thioether (sulfide) groups is 1. The van der Waals surface area contributed by atoms with E-state index in [4.69, 9.17) is 21.5 Å². The van der Waals surface area contributed by atoms with Crippen molar-refractivity contribution in [2.24, 2.45) is 0 Å². The van der Waals surface area contributed by atoms with E-state index in [0.717, 1.165) is 16.3 Å². The largest absolute Gasteiger partial charge is 0.495 e. The molecule has 1 heterocycles. The number of para-hydroxylation sites is 2. The number of carbonyl (C=O) groups is 1. The van der Waals surface area contributed by atoms with Gasteiger partial charge >= 0.3 is 0 Å². The SMILES string of the molecule is COc1ccccc1NC(=S)Nc1cccc(SC(C)C(=O)Nc2cc(C)on2)c1. The van der Waals surface area contributed by atoms with Gasteiger partial charge in [0.1, 0.15) is 11.5 Å². The minimum absolute atomic E-state index is 0.153. The fourth-order valence-corrected chi connectivity index (χ4v) is 3.74. The molecule has 3 N–H and O–H groups in total. The molecular formula is C21H22N4O3S2. The molecule has 0 radical (unpaired) electrons. The fourth-order valence-electron chi connectivity index (χ4n) is 2.59. The third-order valence-corrected chi connectivity index (χ3v) is 5.31. The molecular weight excluding hydrogens is 420 g/mol. The van der Waals surface area contributed by atoms with Gasteiger partial charge in [-0.15, -0.1) is 11.8 Å². The molecule has 7 nitrogen and oxygen atoms in total. The van der Waals surface area contributed by atoms with Crippen molar-refractivity contribution in [2.75, 3.05) is 23.1 Å². The smallest absolute Gasteiger partial charge is 0.238 e. The summed E-state index contributed by atoms with van der Waals surface area (Å²) in [4.78, 5) is 13.3. The Bertz CT molecular complexity index is 1040. The van der Waals surface area contributed by atoms with E-state index in [9.17, 15) is 4.79 Å². The number of aryl methyl sites for hydroxylation is 1. The Morgan fingerprint density at radius 1 is 1.13 bits per heavy atom. The number of benzene rings is 2. The highest BCUT2D eigenvalue weighted by molar-refractivity contribution is 8.00. The molecule has 0 aliphatic heterocycles. The monoisotopic (exact) mass is 442 g/mol. The van der Waals surface area contributed by atoms with E-state index in [1.807, 2.05) is 55.5 Å². The lowest BCUT2D eigenvalue weighted by atomic mass is 10.3. The zero-order valence-corrected chi connectivity index (χ0v) is 18.4. The number of methoxy groups -OCH3 is 1. The number of nitrogens with zero attached hydrogens (tertiary/aromatic N) is 1. The molecule has 0 aliphatic carbocycles. The number of rotatable bonds is 7. The molecule has 1 aromatic heterocycles. The fraction of sp³-hybridized carbons (Fsp3) is 0.190. The Hall–Kier alpha value is -3.04. The highest BCUT2D eigenvalue weighted by atomic mass is 32.2. The first kappa shape index (κ1) is 21.7. The number of hydrogen-bond acceptors (Lipinski definition) is 6. The van der Waals surface area contributed by atoms with Crippen LogP contribution in [0, 0.1) is 6.92 Å². The zero-order valence-electron chi connectivity index (χ0n) is 16.8. The quantitative estimate of drug-likeness (QED) is 0.351. The predicted octanol–water partition coefficient (Wildman–Crippen LogP) is 4.92. The van der Waals surface area contributed by atoms with Crippen molar-refractivity contribution in [3.05, 3.63) is 60.4 Å². The molecule has 156 valence electrons. The zero-order chi connectivity index (χ0) is 21.5. The van der Waals surface area contributed by atoms with Crippen LogP contribution in [0.15, 0.2) is 64.0 Å². The molecule has 0 aliphatic rings. The van der Waals surface area contributed by atoms with Crippen LogP contribution in [-0.4, -0.2) is 28.5 Å². The number of anilines is 3. The van der Waals surface area contributed by atoms with E-state index < -0.39 is 0 Å². The minimum atomic E-state index is -0.323. The topological polar surface area (TPSA) is 88.4 Å². The number of amides is 1. The summed E-state index contributed by atoms with van der Waals surface area (Å²) in [5.41, 5.74) is 1.59. The normalized spacial score (nSPS) is 11.4. The molecule has 1 atom stereocenters. The minimum Gasteiger partial charge on any atom is -0.495 e. The van der Waals surface area contributed by atoms with E-state index in [1.165, 1.54) is 11.8 Å². The average Bonchev–Trinajstić information content (AvgIpc) is 3.13. The summed E-state index contributed by atoms with van der Waals surface area (Å²) >= 11 is 6.84. The van der Waals surface area contributed by atoms with Crippen LogP contribution in [-0.2, 0) is 4.79 Å². The maximum absolute atomic E-state index is 12.4. The number of nitrogens with one attached hydrogen (secondary N) is 3. The van der Waals surface area contributed by atoms with E-state index in [0.29, 0.717) is 22.4 Å². The van der Waals surface area contributed by atoms with Gasteiger partial charge in [-0.3, -0.25) is 4.79 Å². The second-order valence-corrected chi connectivity index (χ2v) is 8.20. The number of aromatic nitrogens is 1. The molecule has 2 aromatic carbocycles. The van der Waals surface area contributed by atoms with Crippen molar-refractivity contribution in [1.82, 2.24) is 5.16 Å². The van der Waals surface area contributed by atoms with Gasteiger partial charge in [-0.05, 0) is 56.4 Å². The van der Waals surface area contributed by atoms with E-state index in [1.54, 1.807) is 20.1 Å². The van der Waals surface area contributed by atoms with Gasteiger partial charge in [-0.25, -0.2) is 0 Å². The Labute approximate surface area is 184 Å². The number of ether oxygens (including phenoxy) is 1. The molecule has 0 saturated heterocycles. The Balaban J connectivity index is 1.58. The van der Waals surface area contributed by atoms with Crippen LogP contribution in [0.5, 0.6) is 5.75 Å². The van der Waals surface area contributed by atoms with Gasteiger partial charge in [0.25, 0.3) is 0 Å². The van der Waals surface area contributed by atoms with Gasteiger partial charge in [0.2, 0.25) is 5.91 Å². The lowest BCUT2D eigenvalue weighted by Crippen LogP contribution is -2.22. The second kappa shape index (κ2) is 10.1. The molecule has 0 saturated carbocycles. The van der Waals surface area contributed by atoms with Crippen molar-refractivity contribution < 1.29 is 14.1 Å². The summed E-state index contributed by atoms with van der Waals surface area (Å²) in [6, 6.07) is 16.9. The van der Waals surface area contributed by atoms with Crippen molar-refractivity contribution in [3.63, 3.8) is 0 Å². The maximum Gasteiger partial charge on any atom is 0.238 e. The van der Waals surface area contributed by atoms with Crippen molar-refractivity contribution >= 4 is 52.2 Å². The predicted molar refractivity (Wildman–Crippen MR) is 124 cm³/mol. The first-order valence-corrected chi connectivity index (χ1v) is 10.5. The van der Waals surface area contributed by atoms with Gasteiger partial charge < -0.3 is 25.2 Å². The van der Waals surface area contributed by atoms with Crippen LogP contribution in [0.4, 0.5) is 17.2 Å². The lowest BCUT2D eigenvalue weighted by molar-refractivity contribution is -0.115. The van der Waals surface area contributed by atoms with E-state index >= 15 is 0 Å². The Kier molecular flexibility index (Phi) is 7.31. The first-order valence-electron chi connectivity index (χ1n) is 9.16. The van der Waals surface area contributed by atoms with Gasteiger partial charge in [-0.1, -0.05) is 23.4 Å². The number of hydrogen-bond donors (Lipinski definition) is 3. The van der Waals surface area contributed by atoms with Crippen molar-refractivity contribution in [3.8, 4) is 5.75 Å². The molecule has 3 rings (SSSR count). The van der Waals surface area contributed by atoms with Crippen LogP contribution < -0.4 is 20.7 Å². The summed E-state index contributed by atoms with van der Waals surface area (Å²) in [5.74, 6) is 1.60. The standard InChI is InChI=1S/C21H22N4O3S2/c1-13-11-19(25-28-13)24-20(26)14(2)30-16-8-6-7-15(12-16)22-21(29)23-17-9-4-5-10-18(17)27-3/h4-12,14H,1-3H3,(H2,22,23,29)(H,24,25,26). The number of thiocarbonyl (C=S) groups is 1. The van der Waals surface area contributed by atoms with Crippen LogP contribution in [0.25, 0.3) is 0 Å². The second-order valence-electron chi connectivity index (χ2n) is 6.38. The molecule has 1 unspecified atom stereocenters. The molecule has 9 heteroatoms. The summed E-state index contributed by atoms with van der Waals surface area (Å²) in [6.45, 7) is 3.60. The lowest BCUT2D eigenvalue weighted by Gasteiger charge is -2.14. The summed E-state index contributed by atoms with van der Waals surface area (Å²) < 4.78 is 10.3. The molecule has 0 spiro atoms. The molecule has 0 fully saturated rings. The third-order valence-electron chi connectivity index (χ3n) is 4.01. The van der Waals surface area contributed by atoms with E-state index in [-0.39, 0.29) is 11.2 Å². The molecule has 1 amide bonds. The third kappa shape index (κ3) is 5.98.